The first-order chi connectivity index (χ1) is 15.5. The van der Waals surface area contributed by atoms with Crippen LogP contribution < -0.4 is 10.1 Å². The maximum Gasteiger partial charge on any atom is 0.226 e. The maximum atomic E-state index is 13.9. The molecule has 0 aliphatic heterocycles. The number of amides is 1. The molecule has 0 bridgehead atoms. The van der Waals surface area contributed by atoms with Crippen LogP contribution in [0.2, 0.25) is 0 Å². The number of ether oxygens (including phenoxy) is 1. The number of carbonyl (C=O) groups is 1. The molecule has 0 saturated heterocycles. The number of rotatable bonds is 7. The Bertz CT molecular complexity index is 1220. The summed E-state index contributed by atoms with van der Waals surface area (Å²) in [5.41, 5.74) is 3.77. The van der Waals surface area contributed by atoms with Crippen molar-refractivity contribution in [2.24, 2.45) is 0 Å². The van der Waals surface area contributed by atoms with E-state index in [0.717, 1.165) is 22.5 Å². The summed E-state index contributed by atoms with van der Waals surface area (Å²) in [5, 5.41) is 7.30. The minimum absolute atomic E-state index is 0.167. The van der Waals surface area contributed by atoms with Gasteiger partial charge in [-0.2, -0.15) is 5.10 Å². The highest BCUT2D eigenvalue weighted by Gasteiger charge is 2.20. The molecule has 162 valence electrons. The van der Waals surface area contributed by atoms with Gasteiger partial charge in [-0.1, -0.05) is 48.0 Å². The largest absolute Gasteiger partial charge is 0.439 e. The minimum Gasteiger partial charge on any atom is -0.439 e. The second-order valence-electron chi connectivity index (χ2n) is 7.56. The van der Waals surface area contributed by atoms with Crippen molar-refractivity contribution in [1.29, 1.82) is 0 Å². The van der Waals surface area contributed by atoms with Crippen molar-refractivity contribution < 1.29 is 13.9 Å². The molecular weight excluding hydrogens is 405 g/mol. The standard InChI is InChI=1S/C26H24FN3O2/c1-18-12-14-21(15-13-18)32-26-22(19(2)29-30(26)20-8-4-3-5-9-20)16-17-25(31)28-24-11-7-6-10-23(24)27/h3-15H,16-17H2,1-2H3,(H,28,31). The van der Waals surface area contributed by atoms with Gasteiger partial charge in [0.2, 0.25) is 11.8 Å². The Morgan fingerprint density at radius 1 is 0.969 bits per heavy atom. The lowest BCUT2D eigenvalue weighted by atomic mass is 10.1. The van der Waals surface area contributed by atoms with Crippen LogP contribution in [0.15, 0.2) is 78.9 Å². The molecular formula is C26H24FN3O2. The van der Waals surface area contributed by atoms with Crippen molar-refractivity contribution in [2.45, 2.75) is 26.7 Å². The molecule has 5 nitrogen and oxygen atoms in total. The molecule has 0 atom stereocenters. The number of anilines is 1. The number of aryl methyl sites for hydroxylation is 2. The summed E-state index contributed by atoms with van der Waals surface area (Å²) in [4.78, 5) is 12.5. The molecule has 1 heterocycles. The van der Waals surface area contributed by atoms with Crippen molar-refractivity contribution in [3.05, 3.63) is 102 Å². The lowest BCUT2D eigenvalue weighted by Crippen LogP contribution is -2.13. The molecule has 0 aliphatic carbocycles. The highest BCUT2D eigenvalue weighted by Crippen LogP contribution is 2.31. The second-order valence-corrected chi connectivity index (χ2v) is 7.56. The predicted molar refractivity (Wildman–Crippen MR) is 123 cm³/mol. The van der Waals surface area contributed by atoms with Gasteiger partial charge in [0, 0.05) is 12.0 Å². The van der Waals surface area contributed by atoms with E-state index in [1.165, 1.54) is 12.1 Å². The molecule has 1 aromatic heterocycles. The number of carbonyl (C=O) groups excluding carboxylic acids is 1. The van der Waals surface area contributed by atoms with Gasteiger partial charge in [0.05, 0.1) is 17.1 Å². The van der Waals surface area contributed by atoms with Gasteiger partial charge in [-0.05, 0) is 56.7 Å². The highest BCUT2D eigenvalue weighted by molar-refractivity contribution is 5.91. The van der Waals surface area contributed by atoms with E-state index in [0.29, 0.717) is 18.1 Å². The summed E-state index contributed by atoms with van der Waals surface area (Å²) in [7, 11) is 0. The van der Waals surface area contributed by atoms with Gasteiger partial charge in [-0.25, -0.2) is 9.07 Å². The third kappa shape index (κ3) is 4.86. The van der Waals surface area contributed by atoms with Crippen molar-refractivity contribution in [3.63, 3.8) is 0 Å². The summed E-state index contributed by atoms with van der Waals surface area (Å²) in [6.45, 7) is 3.91. The van der Waals surface area contributed by atoms with Gasteiger partial charge in [-0.15, -0.1) is 0 Å². The molecule has 0 spiro atoms. The molecule has 3 aromatic carbocycles. The number of halogens is 1. The summed E-state index contributed by atoms with van der Waals surface area (Å²) < 4.78 is 21.9. The smallest absolute Gasteiger partial charge is 0.226 e. The van der Waals surface area contributed by atoms with Gasteiger partial charge in [0.1, 0.15) is 11.6 Å². The Labute approximate surface area is 186 Å². The molecule has 0 unspecified atom stereocenters. The molecule has 0 saturated carbocycles. The number of nitrogens with one attached hydrogen (secondary N) is 1. The number of hydrogen-bond donors (Lipinski definition) is 1. The number of aromatic nitrogens is 2. The predicted octanol–water partition coefficient (Wildman–Crippen LogP) is 5.99. The molecule has 4 rings (SSSR count). The summed E-state index contributed by atoms with van der Waals surface area (Å²) in [6.07, 6.45) is 0.570. The lowest BCUT2D eigenvalue weighted by Gasteiger charge is -2.12. The van der Waals surface area contributed by atoms with Crippen molar-refractivity contribution in [3.8, 4) is 17.3 Å². The molecule has 6 heteroatoms. The number of nitrogens with zero attached hydrogens (tertiary/aromatic N) is 2. The van der Waals surface area contributed by atoms with Crippen LogP contribution in [0.4, 0.5) is 10.1 Å². The monoisotopic (exact) mass is 429 g/mol. The molecule has 0 aliphatic rings. The van der Waals surface area contributed by atoms with Gasteiger partial charge < -0.3 is 10.1 Å². The van der Waals surface area contributed by atoms with E-state index in [9.17, 15) is 9.18 Å². The molecule has 4 aromatic rings. The number of benzene rings is 3. The van der Waals surface area contributed by atoms with Gasteiger partial charge >= 0.3 is 0 Å². The Kier molecular flexibility index (Phi) is 6.31. The Morgan fingerprint density at radius 2 is 1.66 bits per heavy atom. The van der Waals surface area contributed by atoms with E-state index in [1.54, 1.807) is 16.8 Å². The van der Waals surface area contributed by atoms with Crippen molar-refractivity contribution in [1.82, 2.24) is 9.78 Å². The quantitative estimate of drug-likeness (QED) is 0.392. The Balaban J connectivity index is 1.60. The van der Waals surface area contributed by atoms with E-state index >= 15 is 0 Å². The van der Waals surface area contributed by atoms with E-state index < -0.39 is 5.82 Å². The average Bonchev–Trinajstić information content (AvgIpc) is 3.11. The zero-order valence-electron chi connectivity index (χ0n) is 18.0. The van der Waals surface area contributed by atoms with Gasteiger partial charge in [0.15, 0.2) is 0 Å². The third-order valence-corrected chi connectivity index (χ3v) is 5.12. The van der Waals surface area contributed by atoms with Crippen LogP contribution in [0.1, 0.15) is 23.2 Å². The first-order valence-corrected chi connectivity index (χ1v) is 10.4. The van der Waals surface area contributed by atoms with E-state index in [1.807, 2.05) is 68.4 Å². The normalized spacial score (nSPS) is 10.7. The fourth-order valence-corrected chi connectivity index (χ4v) is 3.41. The Morgan fingerprint density at radius 3 is 2.38 bits per heavy atom. The summed E-state index contributed by atoms with van der Waals surface area (Å²) in [5.74, 6) is 0.515. The van der Waals surface area contributed by atoms with Crippen LogP contribution in [-0.4, -0.2) is 15.7 Å². The first-order valence-electron chi connectivity index (χ1n) is 10.4. The van der Waals surface area contributed by atoms with Crippen LogP contribution in [0, 0.1) is 19.7 Å². The number of hydrogen-bond acceptors (Lipinski definition) is 3. The lowest BCUT2D eigenvalue weighted by molar-refractivity contribution is -0.116. The van der Waals surface area contributed by atoms with E-state index in [-0.39, 0.29) is 18.0 Å². The van der Waals surface area contributed by atoms with Crippen molar-refractivity contribution in [2.75, 3.05) is 5.32 Å². The highest BCUT2D eigenvalue weighted by atomic mass is 19.1. The average molecular weight is 429 g/mol. The maximum absolute atomic E-state index is 13.9. The third-order valence-electron chi connectivity index (χ3n) is 5.12. The zero-order chi connectivity index (χ0) is 22.5. The first kappa shape index (κ1) is 21.3. The SMILES string of the molecule is Cc1ccc(Oc2c(CCC(=O)Nc3ccccc3F)c(C)nn2-c2ccccc2)cc1. The van der Waals surface area contributed by atoms with Gasteiger partial charge in [-0.3, -0.25) is 4.79 Å². The van der Waals surface area contributed by atoms with Crippen molar-refractivity contribution >= 4 is 11.6 Å². The summed E-state index contributed by atoms with van der Waals surface area (Å²) >= 11 is 0. The number of para-hydroxylation sites is 2. The van der Waals surface area contributed by atoms with Crippen LogP contribution >= 0.6 is 0 Å². The topological polar surface area (TPSA) is 56.1 Å². The fraction of sp³-hybridized carbons (Fsp3) is 0.154. The van der Waals surface area contributed by atoms with Gasteiger partial charge in [0.25, 0.3) is 0 Å². The van der Waals surface area contributed by atoms with E-state index in [2.05, 4.69) is 10.4 Å². The second kappa shape index (κ2) is 9.47. The molecule has 1 amide bonds. The minimum atomic E-state index is -0.461. The molecule has 1 N–H and O–H groups in total. The van der Waals surface area contributed by atoms with E-state index in [4.69, 9.17) is 4.74 Å². The van der Waals surface area contributed by atoms with Crippen LogP contribution in [0.25, 0.3) is 5.69 Å². The Hall–Kier alpha value is -3.93. The fourth-order valence-electron chi connectivity index (χ4n) is 3.41. The summed E-state index contributed by atoms with van der Waals surface area (Å²) in [6, 6.07) is 23.6. The van der Waals surface area contributed by atoms with Crippen LogP contribution in [0.5, 0.6) is 11.6 Å². The van der Waals surface area contributed by atoms with Crippen LogP contribution in [0.3, 0.4) is 0 Å². The van der Waals surface area contributed by atoms with Crippen LogP contribution in [-0.2, 0) is 11.2 Å². The molecule has 0 fully saturated rings. The zero-order valence-corrected chi connectivity index (χ0v) is 18.0. The molecule has 0 radical (unpaired) electrons. The molecule has 32 heavy (non-hydrogen) atoms.